The molecule has 0 heterocycles. The molecule has 0 radical (unpaired) electrons. The molecule has 0 bridgehead atoms. The molecule has 136 valence electrons. The number of fused-ring (bicyclic) bond motifs is 6. The predicted octanol–water partition coefficient (Wildman–Crippen LogP) is 8.33. The average molecular weight is 361 g/mol. The van der Waals surface area contributed by atoms with E-state index >= 15 is 0 Å². The van der Waals surface area contributed by atoms with Crippen LogP contribution in [-0.2, 0) is 0 Å². The van der Waals surface area contributed by atoms with E-state index in [0.717, 1.165) is 0 Å². The van der Waals surface area contributed by atoms with Crippen LogP contribution >= 0.6 is 0 Å². The molecule has 0 saturated carbocycles. The molecule has 4 rings (SSSR count). The van der Waals surface area contributed by atoms with Crippen molar-refractivity contribution < 1.29 is 0 Å². The van der Waals surface area contributed by atoms with Crippen molar-refractivity contribution in [2.24, 2.45) is 0 Å². The molecule has 0 fully saturated rings. The first-order chi connectivity index (χ1) is 13.7. The molecule has 0 aliphatic carbocycles. The molecule has 0 nitrogen and oxygen atoms in total. The van der Waals surface area contributed by atoms with E-state index in [0.29, 0.717) is 0 Å². The van der Waals surface area contributed by atoms with Gasteiger partial charge in [0.25, 0.3) is 0 Å². The Morgan fingerprint density at radius 3 is 1.71 bits per heavy atom. The van der Waals surface area contributed by atoms with Gasteiger partial charge in [-0.1, -0.05) is 98.1 Å². The van der Waals surface area contributed by atoms with E-state index < -0.39 is 0 Å². The van der Waals surface area contributed by atoms with Crippen molar-refractivity contribution in [1.29, 1.82) is 0 Å². The molecule has 4 aromatic rings. The van der Waals surface area contributed by atoms with Crippen molar-refractivity contribution >= 4 is 50.5 Å². The monoisotopic (exact) mass is 360 g/mol. The lowest BCUT2D eigenvalue weighted by molar-refractivity contribution is 1.44. The number of allylic oxidation sites excluding steroid dienone is 3. The lowest BCUT2D eigenvalue weighted by Crippen LogP contribution is -1.97. The molecule has 0 atom stereocenters. The van der Waals surface area contributed by atoms with Crippen LogP contribution in [0.5, 0.6) is 0 Å². The maximum atomic E-state index is 4.13. The number of benzene rings is 4. The summed E-state index contributed by atoms with van der Waals surface area (Å²) in [5.41, 5.74) is 4.91. The van der Waals surface area contributed by atoms with Crippen molar-refractivity contribution in [2.75, 3.05) is 0 Å². The molecular weight excluding hydrogens is 336 g/mol. The molecule has 28 heavy (non-hydrogen) atoms. The van der Waals surface area contributed by atoms with E-state index in [1.165, 1.54) is 54.6 Å². The molecule has 0 amide bonds. The summed E-state index contributed by atoms with van der Waals surface area (Å²) in [5, 5.41) is 7.72. The Labute approximate surface area is 166 Å². The highest BCUT2D eigenvalue weighted by molar-refractivity contribution is 6.29. The summed E-state index contributed by atoms with van der Waals surface area (Å²) in [6, 6.07) is 17.4. The minimum absolute atomic E-state index is 1.19. The van der Waals surface area contributed by atoms with Crippen molar-refractivity contribution in [3.8, 4) is 0 Å². The first kappa shape index (κ1) is 18.0. The Balaban J connectivity index is 2.46. The Kier molecular flexibility index (Phi) is 4.71. The van der Waals surface area contributed by atoms with Gasteiger partial charge in [-0.3, -0.25) is 0 Å². The molecule has 0 aliphatic heterocycles. The van der Waals surface area contributed by atoms with E-state index in [1.54, 1.807) is 0 Å². The van der Waals surface area contributed by atoms with Gasteiger partial charge in [0.05, 0.1) is 0 Å². The van der Waals surface area contributed by atoms with E-state index in [1.807, 2.05) is 18.2 Å². The first-order valence-corrected chi connectivity index (χ1v) is 9.66. The van der Waals surface area contributed by atoms with Crippen molar-refractivity contribution in [3.05, 3.63) is 102 Å². The molecule has 0 N–H and O–H groups in total. The van der Waals surface area contributed by atoms with Crippen LogP contribution in [-0.4, -0.2) is 0 Å². The van der Waals surface area contributed by atoms with Gasteiger partial charge in [0.2, 0.25) is 0 Å². The minimum atomic E-state index is 1.19. The average Bonchev–Trinajstić information content (AvgIpc) is 2.73. The third-order valence-electron chi connectivity index (χ3n) is 5.51. The normalized spacial score (nSPS) is 11.9. The predicted molar refractivity (Wildman–Crippen MR) is 128 cm³/mol. The van der Waals surface area contributed by atoms with Gasteiger partial charge >= 0.3 is 0 Å². The third kappa shape index (κ3) is 2.61. The standard InChI is InChI=1S/C28H24/c1-5-8-14-21-19(4)20(7-3)24(13-6-2)28-26-18-12-10-16-23(26)22-15-9-11-17-25(22)27(21)28/h5-18H,1,3H2,2,4H3/b13-6-,14-8-. The fraction of sp³-hybridized carbons (Fsp3) is 0.0714. The van der Waals surface area contributed by atoms with Crippen LogP contribution in [0, 0.1) is 6.92 Å². The molecule has 4 aromatic carbocycles. The summed E-state index contributed by atoms with van der Waals surface area (Å²) in [6.45, 7) is 12.3. The summed E-state index contributed by atoms with van der Waals surface area (Å²) < 4.78 is 0. The number of hydrogen-bond acceptors (Lipinski definition) is 0. The number of hydrogen-bond donors (Lipinski definition) is 0. The Bertz CT molecular complexity index is 1300. The fourth-order valence-corrected chi connectivity index (χ4v) is 4.35. The van der Waals surface area contributed by atoms with Crippen molar-refractivity contribution in [3.63, 3.8) is 0 Å². The first-order valence-electron chi connectivity index (χ1n) is 9.66. The van der Waals surface area contributed by atoms with Crippen LogP contribution in [0.4, 0.5) is 0 Å². The third-order valence-corrected chi connectivity index (χ3v) is 5.51. The molecule has 0 spiro atoms. The SMILES string of the molecule is C=C/C=C\c1c(C)c(C=C)c(/C=C\C)c2c3ccccc3c3ccccc3c12. The van der Waals surface area contributed by atoms with Gasteiger partial charge < -0.3 is 0 Å². The summed E-state index contributed by atoms with van der Waals surface area (Å²) in [4.78, 5) is 0. The van der Waals surface area contributed by atoms with E-state index in [9.17, 15) is 0 Å². The van der Waals surface area contributed by atoms with Crippen LogP contribution in [0.2, 0.25) is 0 Å². The molecule has 0 saturated heterocycles. The molecule has 0 aromatic heterocycles. The second-order valence-electron chi connectivity index (χ2n) is 7.01. The number of rotatable bonds is 4. The zero-order valence-electron chi connectivity index (χ0n) is 16.5. The second-order valence-corrected chi connectivity index (χ2v) is 7.01. The summed E-state index contributed by atoms with van der Waals surface area (Å²) >= 11 is 0. The maximum absolute atomic E-state index is 4.13. The zero-order chi connectivity index (χ0) is 19.7. The summed E-state index contributed by atoms with van der Waals surface area (Å²) in [6.07, 6.45) is 12.4. The second kappa shape index (κ2) is 7.32. The van der Waals surface area contributed by atoms with Crippen LogP contribution in [0.25, 0.3) is 50.5 Å². The van der Waals surface area contributed by atoms with E-state index in [2.05, 4.69) is 93.8 Å². The lowest BCUT2D eigenvalue weighted by atomic mass is 9.83. The van der Waals surface area contributed by atoms with Gasteiger partial charge in [-0.25, -0.2) is 0 Å². The quantitative estimate of drug-likeness (QED) is 0.253. The van der Waals surface area contributed by atoms with Gasteiger partial charge in [-0.2, -0.15) is 0 Å². The Morgan fingerprint density at radius 1 is 0.679 bits per heavy atom. The Morgan fingerprint density at radius 2 is 1.21 bits per heavy atom. The highest BCUT2D eigenvalue weighted by Crippen LogP contribution is 2.42. The van der Waals surface area contributed by atoms with Crippen molar-refractivity contribution in [2.45, 2.75) is 13.8 Å². The smallest absolute Gasteiger partial charge is 0.00142 e. The van der Waals surface area contributed by atoms with E-state index in [-0.39, 0.29) is 0 Å². The largest absolute Gasteiger partial charge is 0.0991 e. The molecule has 0 unspecified atom stereocenters. The molecular formula is C28H24. The Hall–Kier alpha value is -3.38. The lowest BCUT2D eigenvalue weighted by Gasteiger charge is -2.20. The van der Waals surface area contributed by atoms with Gasteiger partial charge in [0.1, 0.15) is 0 Å². The molecule has 0 heteroatoms. The maximum Gasteiger partial charge on any atom is -0.00142 e. The van der Waals surface area contributed by atoms with Crippen LogP contribution in [0.1, 0.15) is 29.2 Å². The van der Waals surface area contributed by atoms with Gasteiger partial charge in [0, 0.05) is 0 Å². The highest BCUT2D eigenvalue weighted by Gasteiger charge is 2.18. The van der Waals surface area contributed by atoms with E-state index in [4.69, 9.17) is 0 Å². The van der Waals surface area contributed by atoms with Gasteiger partial charge in [-0.15, -0.1) is 0 Å². The van der Waals surface area contributed by atoms with Crippen LogP contribution < -0.4 is 0 Å². The zero-order valence-corrected chi connectivity index (χ0v) is 16.5. The minimum Gasteiger partial charge on any atom is -0.0991 e. The van der Waals surface area contributed by atoms with Crippen molar-refractivity contribution in [1.82, 2.24) is 0 Å². The fourth-order valence-electron chi connectivity index (χ4n) is 4.35. The van der Waals surface area contributed by atoms with Gasteiger partial charge in [0.15, 0.2) is 0 Å². The topological polar surface area (TPSA) is 0 Å². The summed E-state index contributed by atoms with van der Waals surface area (Å²) in [5.74, 6) is 0. The summed E-state index contributed by atoms with van der Waals surface area (Å²) in [7, 11) is 0. The molecule has 0 aliphatic rings. The van der Waals surface area contributed by atoms with Crippen LogP contribution in [0.3, 0.4) is 0 Å². The van der Waals surface area contributed by atoms with Gasteiger partial charge in [-0.05, 0) is 68.4 Å². The highest BCUT2D eigenvalue weighted by atomic mass is 14.2. The van der Waals surface area contributed by atoms with Crippen LogP contribution in [0.15, 0.2) is 79.9 Å².